The lowest BCUT2D eigenvalue weighted by atomic mass is 9.78. The Balaban J connectivity index is 2.02. The van der Waals surface area contributed by atoms with E-state index in [9.17, 15) is 10.3 Å². The molecule has 0 aliphatic carbocycles. The molecule has 0 saturated carbocycles. The van der Waals surface area contributed by atoms with Gasteiger partial charge in [-0.3, -0.25) is 0 Å². The molecule has 0 spiro atoms. The van der Waals surface area contributed by atoms with Gasteiger partial charge in [0, 0.05) is 5.02 Å². The smallest absolute Gasteiger partial charge is 0.456 e. The Morgan fingerprint density at radius 1 is 1.32 bits per heavy atom. The predicted molar refractivity (Wildman–Crippen MR) is 84.6 cm³/mol. The minimum atomic E-state index is -0.879. The highest BCUT2D eigenvalue weighted by atomic mass is 35.5. The molecule has 0 unspecified atom stereocenters. The third-order valence-electron chi connectivity index (χ3n) is 3.84. The van der Waals surface area contributed by atoms with Crippen LogP contribution in [-0.4, -0.2) is 12.1 Å². The van der Waals surface area contributed by atoms with E-state index in [0.717, 1.165) is 22.2 Å². The van der Waals surface area contributed by atoms with Gasteiger partial charge in [-0.25, -0.2) is 0 Å². The maximum Gasteiger partial charge on any atom is 0.491 e. The van der Waals surface area contributed by atoms with E-state index >= 15 is 0 Å². The van der Waals surface area contributed by atoms with Crippen LogP contribution in [0.5, 0.6) is 11.5 Å². The monoisotopic (exact) mass is 313 g/mol. The van der Waals surface area contributed by atoms with Crippen LogP contribution in [0.2, 0.25) is 5.02 Å². The van der Waals surface area contributed by atoms with E-state index in [1.807, 2.05) is 13.8 Å². The number of halogens is 1. The lowest BCUT2D eigenvalue weighted by Crippen LogP contribution is -2.28. The zero-order valence-electron chi connectivity index (χ0n) is 12.2. The van der Waals surface area contributed by atoms with Gasteiger partial charge in [-0.15, -0.1) is 0 Å². The van der Waals surface area contributed by atoms with E-state index in [1.54, 1.807) is 24.3 Å². The fourth-order valence-corrected chi connectivity index (χ4v) is 2.65. The first-order chi connectivity index (χ1) is 10.5. The molecule has 0 radical (unpaired) electrons. The van der Waals surface area contributed by atoms with E-state index in [-0.39, 0.29) is 0 Å². The van der Waals surface area contributed by atoms with Crippen molar-refractivity contribution < 1.29 is 14.4 Å². The van der Waals surface area contributed by atoms with Crippen molar-refractivity contribution in [1.82, 2.24) is 0 Å². The summed E-state index contributed by atoms with van der Waals surface area (Å²) in [6.07, 6.45) is 0. The molecule has 6 heteroatoms. The second-order valence-electron chi connectivity index (χ2n) is 5.23. The van der Waals surface area contributed by atoms with E-state index in [4.69, 9.17) is 21.0 Å². The van der Waals surface area contributed by atoms with Crippen LogP contribution in [0, 0.1) is 25.2 Å². The van der Waals surface area contributed by atoms with Gasteiger partial charge >= 0.3 is 7.12 Å². The van der Waals surface area contributed by atoms with Crippen LogP contribution in [-0.2, 0) is 11.3 Å². The summed E-state index contributed by atoms with van der Waals surface area (Å²) >= 11 is 6.04. The van der Waals surface area contributed by atoms with Crippen molar-refractivity contribution in [1.29, 1.82) is 5.26 Å². The van der Waals surface area contributed by atoms with Crippen molar-refractivity contribution in [2.24, 2.45) is 0 Å². The molecule has 3 rings (SSSR count). The molecular formula is C16H13BClNO3. The highest BCUT2D eigenvalue weighted by Gasteiger charge is 2.29. The number of nitriles is 1. The molecule has 0 fully saturated rings. The summed E-state index contributed by atoms with van der Waals surface area (Å²) in [5.74, 6) is 1.10. The Kier molecular flexibility index (Phi) is 3.84. The minimum Gasteiger partial charge on any atom is -0.456 e. The van der Waals surface area contributed by atoms with Crippen LogP contribution < -0.4 is 10.2 Å². The second-order valence-corrected chi connectivity index (χ2v) is 5.64. The summed E-state index contributed by atoms with van der Waals surface area (Å²) in [6.45, 7) is 4.12. The number of rotatable bonds is 2. The Morgan fingerprint density at radius 2 is 2.09 bits per heavy atom. The molecule has 0 bridgehead atoms. The van der Waals surface area contributed by atoms with Gasteiger partial charge < -0.3 is 14.4 Å². The van der Waals surface area contributed by atoms with Crippen LogP contribution in [0.1, 0.15) is 22.3 Å². The Bertz CT molecular complexity index is 801. The van der Waals surface area contributed by atoms with Gasteiger partial charge in [0.1, 0.15) is 17.6 Å². The van der Waals surface area contributed by atoms with Crippen molar-refractivity contribution in [3.8, 4) is 17.6 Å². The number of hydrogen-bond donors (Lipinski definition) is 1. The summed E-state index contributed by atoms with van der Waals surface area (Å²) in [5.41, 5.74) is 3.80. The molecule has 22 heavy (non-hydrogen) atoms. The Labute approximate surface area is 134 Å². The van der Waals surface area contributed by atoms with Crippen molar-refractivity contribution in [2.45, 2.75) is 20.5 Å². The number of aryl methyl sites for hydroxylation is 1. The maximum atomic E-state index is 9.71. The highest BCUT2D eigenvalue weighted by molar-refractivity contribution is 6.61. The molecule has 0 atom stereocenters. The maximum absolute atomic E-state index is 9.71. The summed E-state index contributed by atoms with van der Waals surface area (Å²) in [4.78, 5) is 0. The van der Waals surface area contributed by atoms with Crippen molar-refractivity contribution in [3.05, 3.63) is 51.5 Å². The quantitative estimate of drug-likeness (QED) is 0.866. The highest BCUT2D eigenvalue weighted by Crippen LogP contribution is 2.33. The van der Waals surface area contributed by atoms with Crippen LogP contribution in [0.15, 0.2) is 24.3 Å². The summed E-state index contributed by atoms with van der Waals surface area (Å²) < 4.78 is 11.1. The number of hydrogen-bond acceptors (Lipinski definition) is 4. The summed E-state index contributed by atoms with van der Waals surface area (Å²) in [5, 5.41) is 19.5. The lowest BCUT2D eigenvalue weighted by Gasteiger charge is -2.13. The molecule has 1 aliphatic rings. The average molecular weight is 314 g/mol. The van der Waals surface area contributed by atoms with Crippen LogP contribution in [0.25, 0.3) is 0 Å². The Hall–Kier alpha value is -2.00. The second kappa shape index (κ2) is 5.66. The zero-order chi connectivity index (χ0) is 15.9. The molecule has 110 valence electrons. The van der Waals surface area contributed by atoms with E-state index < -0.39 is 7.12 Å². The van der Waals surface area contributed by atoms with Crippen molar-refractivity contribution >= 4 is 24.2 Å². The normalized spacial score (nSPS) is 13.0. The van der Waals surface area contributed by atoms with Gasteiger partial charge in [-0.1, -0.05) is 17.7 Å². The molecule has 2 aromatic carbocycles. The summed E-state index contributed by atoms with van der Waals surface area (Å²) in [7, 11) is -0.879. The Morgan fingerprint density at radius 3 is 2.82 bits per heavy atom. The van der Waals surface area contributed by atoms with Crippen LogP contribution in [0.3, 0.4) is 0 Å². The van der Waals surface area contributed by atoms with Gasteiger partial charge in [-0.2, -0.15) is 5.26 Å². The SMILES string of the molecule is Cc1cc(Oc2ccc3c(c2C)COB3O)c(C#N)cc1Cl. The first kappa shape index (κ1) is 14.9. The summed E-state index contributed by atoms with van der Waals surface area (Å²) in [6, 6.07) is 8.99. The van der Waals surface area contributed by atoms with Crippen molar-refractivity contribution in [2.75, 3.05) is 0 Å². The van der Waals surface area contributed by atoms with Crippen molar-refractivity contribution in [3.63, 3.8) is 0 Å². The standard InChI is InChI=1S/C16H13BClNO3/c1-9-5-16(11(7-19)6-14(9)18)22-15-4-3-13-12(10(15)2)8-21-17(13)20/h3-6,20H,8H2,1-2H3. The molecular weight excluding hydrogens is 300 g/mol. The number of benzene rings is 2. The molecule has 1 aliphatic heterocycles. The van der Waals surface area contributed by atoms with Gasteiger partial charge in [-0.05, 0) is 54.2 Å². The lowest BCUT2D eigenvalue weighted by molar-refractivity contribution is 0.274. The zero-order valence-corrected chi connectivity index (χ0v) is 12.9. The van der Waals surface area contributed by atoms with Gasteiger partial charge in [0.05, 0.1) is 12.2 Å². The molecule has 1 heterocycles. The van der Waals surface area contributed by atoms with Crippen LogP contribution in [0.4, 0.5) is 0 Å². The molecule has 1 N–H and O–H groups in total. The van der Waals surface area contributed by atoms with E-state index in [0.29, 0.717) is 28.7 Å². The first-order valence-corrected chi connectivity index (χ1v) is 7.19. The number of nitrogens with zero attached hydrogens (tertiary/aromatic N) is 1. The fourth-order valence-electron chi connectivity index (χ4n) is 2.49. The third-order valence-corrected chi connectivity index (χ3v) is 4.24. The van der Waals surface area contributed by atoms with Gasteiger partial charge in [0.25, 0.3) is 0 Å². The molecule has 0 aromatic heterocycles. The molecule has 0 amide bonds. The number of fused-ring (bicyclic) bond motifs is 1. The minimum absolute atomic E-state index is 0.351. The van der Waals surface area contributed by atoms with E-state index in [1.165, 1.54) is 0 Å². The largest absolute Gasteiger partial charge is 0.491 e. The van der Waals surface area contributed by atoms with Gasteiger partial charge in [0.2, 0.25) is 0 Å². The number of ether oxygens (including phenoxy) is 1. The van der Waals surface area contributed by atoms with Gasteiger partial charge in [0.15, 0.2) is 0 Å². The fraction of sp³-hybridized carbons (Fsp3) is 0.188. The molecule has 0 saturated heterocycles. The first-order valence-electron chi connectivity index (χ1n) is 6.81. The molecule has 4 nitrogen and oxygen atoms in total. The molecule has 2 aromatic rings. The third kappa shape index (κ3) is 2.46. The van der Waals surface area contributed by atoms with Crippen LogP contribution >= 0.6 is 11.6 Å². The predicted octanol–water partition coefficient (Wildman–Crippen LogP) is 2.84. The van der Waals surface area contributed by atoms with E-state index in [2.05, 4.69) is 6.07 Å². The topological polar surface area (TPSA) is 62.5 Å². The average Bonchev–Trinajstić information content (AvgIpc) is 2.87.